The maximum Gasteiger partial charge on any atom is 0.267 e. The number of hydrogen-bond acceptors (Lipinski definition) is 4. The van der Waals surface area contributed by atoms with E-state index in [0.29, 0.717) is 17.8 Å². The van der Waals surface area contributed by atoms with Gasteiger partial charge in [0, 0.05) is 6.42 Å². The number of hydrogen-bond donors (Lipinski definition) is 1. The van der Waals surface area contributed by atoms with E-state index in [1.807, 2.05) is 6.07 Å². The fourth-order valence-electron chi connectivity index (χ4n) is 2.57. The average molecular weight is 343 g/mol. The lowest BCUT2D eigenvalue weighted by atomic mass is 10.2. The SMILES string of the molecule is N#Cc1cc(F)cc(-n2c(CCN)nc3cccc(Cl)c3c2=O)c1. The average Bonchev–Trinajstić information content (AvgIpc) is 2.54. The Bertz CT molecular complexity index is 1040. The first-order valence-electron chi connectivity index (χ1n) is 7.16. The third kappa shape index (κ3) is 2.75. The van der Waals surface area contributed by atoms with Crippen LogP contribution < -0.4 is 11.3 Å². The molecule has 24 heavy (non-hydrogen) atoms. The lowest BCUT2D eigenvalue weighted by molar-refractivity contribution is 0.625. The molecule has 5 nitrogen and oxygen atoms in total. The van der Waals surface area contributed by atoms with Crippen molar-refractivity contribution in [2.24, 2.45) is 5.73 Å². The number of benzene rings is 2. The van der Waals surface area contributed by atoms with Gasteiger partial charge in [-0.3, -0.25) is 9.36 Å². The summed E-state index contributed by atoms with van der Waals surface area (Å²) >= 11 is 6.14. The van der Waals surface area contributed by atoms with Crippen molar-refractivity contribution in [3.8, 4) is 11.8 Å². The fraction of sp³-hybridized carbons (Fsp3) is 0.118. The Morgan fingerprint density at radius 3 is 2.83 bits per heavy atom. The number of halogens is 2. The molecule has 1 heterocycles. The summed E-state index contributed by atoms with van der Waals surface area (Å²) in [6.07, 6.45) is 0.316. The standard InChI is InChI=1S/C17H12ClFN4O/c18-13-2-1-3-14-16(13)17(24)23(15(22-14)4-5-20)12-7-10(9-21)6-11(19)8-12/h1-3,6-8H,4-5,20H2. The van der Waals surface area contributed by atoms with Gasteiger partial charge >= 0.3 is 0 Å². The van der Waals surface area contributed by atoms with Gasteiger partial charge < -0.3 is 5.73 Å². The molecule has 0 saturated carbocycles. The van der Waals surface area contributed by atoms with E-state index < -0.39 is 11.4 Å². The predicted molar refractivity (Wildman–Crippen MR) is 89.8 cm³/mol. The molecule has 0 aliphatic heterocycles. The highest BCUT2D eigenvalue weighted by atomic mass is 35.5. The van der Waals surface area contributed by atoms with Gasteiger partial charge in [0.1, 0.15) is 11.6 Å². The molecule has 0 fully saturated rings. The molecule has 0 atom stereocenters. The van der Waals surface area contributed by atoms with Crippen LogP contribution in [0.3, 0.4) is 0 Å². The second-order valence-corrected chi connectivity index (χ2v) is 5.56. The zero-order chi connectivity index (χ0) is 17.3. The largest absolute Gasteiger partial charge is 0.330 e. The van der Waals surface area contributed by atoms with Crippen LogP contribution in [0.2, 0.25) is 5.02 Å². The molecule has 0 radical (unpaired) electrons. The molecule has 0 saturated heterocycles. The number of nitrogens with zero attached hydrogens (tertiary/aromatic N) is 3. The van der Waals surface area contributed by atoms with Crippen molar-refractivity contribution < 1.29 is 4.39 Å². The molecule has 2 N–H and O–H groups in total. The second kappa shape index (κ2) is 6.40. The number of nitrogens with two attached hydrogens (primary N) is 1. The van der Waals surface area contributed by atoms with Crippen LogP contribution in [0, 0.1) is 17.1 Å². The van der Waals surface area contributed by atoms with Crippen LogP contribution in [-0.2, 0) is 6.42 Å². The van der Waals surface area contributed by atoms with Gasteiger partial charge in [0.25, 0.3) is 5.56 Å². The summed E-state index contributed by atoms with van der Waals surface area (Å²) in [5, 5.41) is 9.53. The molecular formula is C17H12ClFN4O. The second-order valence-electron chi connectivity index (χ2n) is 5.15. The number of fused-ring (bicyclic) bond motifs is 1. The van der Waals surface area contributed by atoms with Crippen molar-refractivity contribution in [2.45, 2.75) is 6.42 Å². The van der Waals surface area contributed by atoms with Gasteiger partial charge in [0.05, 0.1) is 33.2 Å². The Balaban J connectivity index is 2.42. The summed E-state index contributed by atoms with van der Waals surface area (Å²) in [5.74, 6) is -0.235. The molecule has 3 aromatic rings. The molecule has 0 spiro atoms. The molecule has 0 aliphatic carbocycles. The highest BCUT2D eigenvalue weighted by Gasteiger charge is 2.15. The Morgan fingerprint density at radius 2 is 2.12 bits per heavy atom. The lowest BCUT2D eigenvalue weighted by Crippen LogP contribution is -2.26. The molecule has 3 rings (SSSR count). The normalized spacial score (nSPS) is 10.8. The third-order valence-corrected chi connectivity index (χ3v) is 3.87. The van der Waals surface area contributed by atoms with E-state index in [-0.39, 0.29) is 28.2 Å². The van der Waals surface area contributed by atoms with Gasteiger partial charge in [-0.15, -0.1) is 0 Å². The lowest BCUT2D eigenvalue weighted by Gasteiger charge is -2.14. The van der Waals surface area contributed by atoms with Gasteiger partial charge in [-0.1, -0.05) is 17.7 Å². The van der Waals surface area contributed by atoms with Crippen molar-refractivity contribution in [1.82, 2.24) is 9.55 Å². The van der Waals surface area contributed by atoms with Crippen molar-refractivity contribution in [3.63, 3.8) is 0 Å². The summed E-state index contributed by atoms with van der Waals surface area (Å²) in [6.45, 7) is 0.263. The molecule has 1 aromatic heterocycles. The first-order chi connectivity index (χ1) is 11.5. The van der Waals surface area contributed by atoms with E-state index in [2.05, 4.69) is 4.98 Å². The summed E-state index contributed by atoms with van der Waals surface area (Å²) < 4.78 is 15.1. The minimum absolute atomic E-state index is 0.106. The van der Waals surface area contributed by atoms with Gasteiger partial charge in [0.2, 0.25) is 0 Å². The van der Waals surface area contributed by atoms with Crippen LogP contribution in [-0.4, -0.2) is 16.1 Å². The third-order valence-electron chi connectivity index (χ3n) is 3.55. The molecule has 120 valence electrons. The van der Waals surface area contributed by atoms with Crippen LogP contribution in [0.1, 0.15) is 11.4 Å². The van der Waals surface area contributed by atoms with Crippen LogP contribution >= 0.6 is 11.6 Å². The maximum absolute atomic E-state index is 13.8. The number of aromatic nitrogens is 2. The van der Waals surface area contributed by atoms with E-state index in [1.54, 1.807) is 18.2 Å². The monoisotopic (exact) mass is 342 g/mol. The zero-order valence-corrected chi connectivity index (χ0v) is 13.2. The van der Waals surface area contributed by atoms with Gasteiger partial charge in [0.15, 0.2) is 0 Å². The summed E-state index contributed by atoms with van der Waals surface area (Å²) in [6, 6.07) is 10.5. The van der Waals surface area contributed by atoms with Crippen molar-refractivity contribution in [2.75, 3.05) is 6.54 Å². The molecule has 0 bridgehead atoms. The molecule has 0 unspecified atom stereocenters. The number of rotatable bonds is 3. The van der Waals surface area contributed by atoms with Crippen molar-refractivity contribution >= 4 is 22.5 Å². The zero-order valence-electron chi connectivity index (χ0n) is 12.5. The minimum Gasteiger partial charge on any atom is -0.330 e. The summed E-state index contributed by atoms with van der Waals surface area (Å²) in [5.41, 5.74) is 5.95. The van der Waals surface area contributed by atoms with Crippen molar-refractivity contribution in [1.29, 1.82) is 5.26 Å². The van der Waals surface area contributed by atoms with Crippen LogP contribution in [0.25, 0.3) is 16.6 Å². The molecular weight excluding hydrogens is 331 g/mol. The van der Waals surface area contributed by atoms with E-state index in [4.69, 9.17) is 22.6 Å². The Hall–Kier alpha value is -2.75. The minimum atomic E-state index is -0.617. The summed E-state index contributed by atoms with van der Waals surface area (Å²) in [7, 11) is 0. The van der Waals surface area contributed by atoms with Gasteiger partial charge in [-0.25, -0.2) is 9.37 Å². The van der Waals surface area contributed by atoms with Gasteiger partial charge in [-0.05, 0) is 36.9 Å². The quantitative estimate of drug-likeness (QED) is 0.792. The van der Waals surface area contributed by atoms with Gasteiger partial charge in [-0.2, -0.15) is 5.26 Å². The maximum atomic E-state index is 13.8. The number of nitriles is 1. The Labute approximate surface area is 141 Å². The smallest absolute Gasteiger partial charge is 0.267 e. The summed E-state index contributed by atoms with van der Waals surface area (Å²) in [4.78, 5) is 17.4. The van der Waals surface area contributed by atoms with E-state index >= 15 is 0 Å². The first kappa shape index (κ1) is 16.1. The van der Waals surface area contributed by atoms with E-state index in [9.17, 15) is 9.18 Å². The highest BCUT2D eigenvalue weighted by molar-refractivity contribution is 6.35. The first-order valence-corrected chi connectivity index (χ1v) is 7.54. The molecule has 0 amide bonds. The predicted octanol–water partition coefficient (Wildman–Crippen LogP) is 2.55. The van der Waals surface area contributed by atoms with Crippen LogP contribution in [0.4, 0.5) is 4.39 Å². The fourth-order valence-corrected chi connectivity index (χ4v) is 2.82. The molecule has 2 aromatic carbocycles. The Morgan fingerprint density at radius 1 is 1.33 bits per heavy atom. The van der Waals surface area contributed by atoms with Crippen molar-refractivity contribution in [3.05, 3.63) is 69.0 Å². The molecule has 0 aliphatic rings. The molecule has 7 heteroatoms. The van der Waals surface area contributed by atoms with Crippen LogP contribution in [0.5, 0.6) is 0 Å². The van der Waals surface area contributed by atoms with E-state index in [0.717, 1.165) is 6.07 Å². The Kier molecular flexibility index (Phi) is 4.30. The highest BCUT2D eigenvalue weighted by Crippen LogP contribution is 2.21. The topological polar surface area (TPSA) is 84.7 Å². The van der Waals surface area contributed by atoms with Crippen LogP contribution in [0.15, 0.2) is 41.2 Å². The van der Waals surface area contributed by atoms with E-state index in [1.165, 1.54) is 16.7 Å².